The van der Waals surface area contributed by atoms with Gasteiger partial charge in [0.1, 0.15) is 5.75 Å². The SMILES string of the molecule is C=CCc1cc(CNC(=NC)NCc2ccc(C)cc2OC)cc(OC)c1OC.I. The molecule has 0 saturated carbocycles. The number of methoxy groups -OCH3 is 3. The Morgan fingerprint density at radius 2 is 1.67 bits per heavy atom. The van der Waals surface area contributed by atoms with E-state index >= 15 is 0 Å². The average molecular weight is 525 g/mol. The smallest absolute Gasteiger partial charge is 0.191 e. The molecule has 2 aromatic rings. The van der Waals surface area contributed by atoms with Crippen LogP contribution in [0.1, 0.15) is 22.3 Å². The van der Waals surface area contributed by atoms with Gasteiger partial charge in [-0.2, -0.15) is 0 Å². The molecule has 0 bridgehead atoms. The number of allylic oxidation sites excluding steroid dienone is 1. The fourth-order valence-corrected chi connectivity index (χ4v) is 3.10. The maximum absolute atomic E-state index is 5.50. The van der Waals surface area contributed by atoms with E-state index in [9.17, 15) is 0 Å². The van der Waals surface area contributed by atoms with Crippen molar-refractivity contribution in [1.82, 2.24) is 10.6 Å². The zero-order valence-corrected chi connectivity index (χ0v) is 20.7. The van der Waals surface area contributed by atoms with Crippen LogP contribution in [0.4, 0.5) is 0 Å². The standard InChI is InChI=1S/C23H31N3O3.HI/c1-7-8-18-12-17(13-21(28-5)22(18)29-6)14-25-23(24-3)26-15-19-10-9-16(2)11-20(19)27-4;/h7,9-13H,1,8,14-15H2,2-6H3,(H2,24,25,26);1H. The number of halogens is 1. The van der Waals surface area contributed by atoms with Crippen LogP contribution in [0.25, 0.3) is 0 Å². The van der Waals surface area contributed by atoms with Crippen LogP contribution < -0.4 is 24.8 Å². The minimum absolute atomic E-state index is 0. The lowest BCUT2D eigenvalue weighted by atomic mass is 10.1. The summed E-state index contributed by atoms with van der Waals surface area (Å²) in [6, 6.07) is 10.2. The van der Waals surface area contributed by atoms with Crippen molar-refractivity contribution in [3.63, 3.8) is 0 Å². The molecule has 0 unspecified atom stereocenters. The molecule has 0 aliphatic carbocycles. The lowest BCUT2D eigenvalue weighted by molar-refractivity contribution is 0.352. The normalized spacial score (nSPS) is 10.6. The predicted molar refractivity (Wildman–Crippen MR) is 134 cm³/mol. The number of benzene rings is 2. The van der Waals surface area contributed by atoms with Crippen molar-refractivity contribution < 1.29 is 14.2 Å². The molecule has 0 radical (unpaired) electrons. The molecule has 2 N–H and O–H groups in total. The van der Waals surface area contributed by atoms with Crippen LogP contribution in [0.3, 0.4) is 0 Å². The van der Waals surface area contributed by atoms with Gasteiger partial charge in [0.15, 0.2) is 17.5 Å². The van der Waals surface area contributed by atoms with Crippen molar-refractivity contribution >= 4 is 29.9 Å². The van der Waals surface area contributed by atoms with Crippen LogP contribution in [0.5, 0.6) is 17.2 Å². The Hall–Kier alpha value is -2.42. The van der Waals surface area contributed by atoms with E-state index < -0.39 is 0 Å². The Bertz CT molecular complexity index is 869. The molecule has 0 saturated heterocycles. The predicted octanol–water partition coefficient (Wildman–Crippen LogP) is 4.23. The molecule has 0 fully saturated rings. The summed E-state index contributed by atoms with van der Waals surface area (Å²) in [7, 11) is 6.72. The van der Waals surface area contributed by atoms with Gasteiger partial charge in [0.2, 0.25) is 0 Å². The number of rotatable bonds is 9. The first-order valence-corrected chi connectivity index (χ1v) is 9.48. The van der Waals surface area contributed by atoms with Gasteiger partial charge < -0.3 is 24.8 Å². The highest BCUT2D eigenvalue weighted by molar-refractivity contribution is 14.0. The van der Waals surface area contributed by atoms with Crippen molar-refractivity contribution in [2.24, 2.45) is 4.99 Å². The van der Waals surface area contributed by atoms with Crippen molar-refractivity contribution in [2.75, 3.05) is 28.4 Å². The van der Waals surface area contributed by atoms with E-state index in [4.69, 9.17) is 14.2 Å². The Balaban J connectivity index is 0.00000450. The maximum Gasteiger partial charge on any atom is 0.191 e. The molecule has 7 heteroatoms. The van der Waals surface area contributed by atoms with Crippen LogP contribution >= 0.6 is 24.0 Å². The van der Waals surface area contributed by atoms with Crippen LogP contribution in [0.2, 0.25) is 0 Å². The number of ether oxygens (including phenoxy) is 3. The fourth-order valence-electron chi connectivity index (χ4n) is 3.10. The average Bonchev–Trinajstić information content (AvgIpc) is 2.74. The molecule has 0 heterocycles. The second-order valence-electron chi connectivity index (χ2n) is 6.58. The molecule has 0 aliphatic rings. The molecule has 0 aliphatic heterocycles. The number of aliphatic imine (C=N–C) groups is 1. The molecule has 6 nitrogen and oxygen atoms in total. The van der Waals surface area contributed by atoms with Crippen molar-refractivity contribution in [1.29, 1.82) is 0 Å². The van der Waals surface area contributed by atoms with Gasteiger partial charge in [0, 0.05) is 31.3 Å². The summed E-state index contributed by atoms with van der Waals surface area (Å²) >= 11 is 0. The molecule has 0 amide bonds. The minimum atomic E-state index is 0. The number of hydrogen-bond acceptors (Lipinski definition) is 4. The highest BCUT2D eigenvalue weighted by Gasteiger charge is 2.12. The third-order valence-corrected chi connectivity index (χ3v) is 4.55. The Labute approximate surface area is 196 Å². The number of aryl methyl sites for hydroxylation is 1. The van der Waals surface area contributed by atoms with E-state index in [1.165, 1.54) is 0 Å². The van der Waals surface area contributed by atoms with Crippen LogP contribution in [0.15, 0.2) is 48.0 Å². The van der Waals surface area contributed by atoms with Gasteiger partial charge in [-0.15, -0.1) is 30.6 Å². The van der Waals surface area contributed by atoms with Crippen molar-refractivity contribution in [3.8, 4) is 17.2 Å². The van der Waals surface area contributed by atoms with Gasteiger partial charge >= 0.3 is 0 Å². The first-order chi connectivity index (χ1) is 14.1. The van der Waals surface area contributed by atoms with Gasteiger partial charge in [-0.3, -0.25) is 4.99 Å². The van der Waals surface area contributed by atoms with Crippen molar-refractivity contribution in [3.05, 3.63) is 65.2 Å². The molecular weight excluding hydrogens is 493 g/mol. The van der Waals surface area contributed by atoms with Crippen LogP contribution in [-0.2, 0) is 19.5 Å². The minimum Gasteiger partial charge on any atom is -0.496 e. The molecule has 0 spiro atoms. The van der Waals surface area contributed by atoms with E-state index in [1.807, 2.05) is 25.1 Å². The van der Waals surface area contributed by atoms with Crippen LogP contribution in [-0.4, -0.2) is 34.3 Å². The quantitative estimate of drug-likeness (QED) is 0.222. The van der Waals surface area contributed by atoms with Gasteiger partial charge in [0.05, 0.1) is 21.3 Å². The van der Waals surface area contributed by atoms with E-state index in [0.717, 1.165) is 33.8 Å². The molecular formula is C23H32IN3O3. The number of hydrogen-bond donors (Lipinski definition) is 2. The summed E-state index contributed by atoms with van der Waals surface area (Å²) in [4.78, 5) is 4.31. The van der Waals surface area contributed by atoms with Gasteiger partial charge in [-0.25, -0.2) is 0 Å². The number of nitrogens with zero attached hydrogens (tertiary/aromatic N) is 1. The third-order valence-electron chi connectivity index (χ3n) is 4.55. The summed E-state index contributed by atoms with van der Waals surface area (Å²) in [5, 5.41) is 6.67. The second kappa shape index (κ2) is 13.0. The summed E-state index contributed by atoms with van der Waals surface area (Å²) in [6.07, 6.45) is 2.55. The van der Waals surface area contributed by atoms with E-state index in [2.05, 4.69) is 40.4 Å². The molecule has 30 heavy (non-hydrogen) atoms. The molecule has 164 valence electrons. The highest BCUT2D eigenvalue weighted by Crippen LogP contribution is 2.33. The van der Waals surface area contributed by atoms with Crippen molar-refractivity contribution in [2.45, 2.75) is 26.4 Å². The Morgan fingerprint density at radius 3 is 2.27 bits per heavy atom. The molecule has 0 aromatic heterocycles. The lowest BCUT2D eigenvalue weighted by Gasteiger charge is -2.17. The maximum atomic E-state index is 5.50. The van der Waals surface area contributed by atoms with Gasteiger partial charge in [-0.1, -0.05) is 18.2 Å². The second-order valence-corrected chi connectivity index (χ2v) is 6.58. The zero-order valence-electron chi connectivity index (χ0n) is 18.4. The monoisotopic (exact) mass is 525 g/mol. The van der Waals surface area contributed by atoms with Gasteiger partial charge in [-0.05, 0) is 42.7 Å². The number of nitrogens with one attached hydrogen (secondary N) is 2. The Kier molecular flexibility index (Phi) is 11.1. The Morgan fingerprint density at radius 1 is 0.967 bits per heavy atom. The summed E-state index contributed by atoms with van der Waals surface area (Å²) in [5.74, 6) is 3.01. The number of guanidine groups is 1. The zero-order chi connectivity index (χ0) is 21.2. The first-order valence-electron chi connectivity index (χ1n) is 9.48. The first kappa shape index (κ1) is 25.6. The van der Waals surface area contributed by atoms with Gasteiger partial charge in [0.25, 0.3) is 0 Å². The largest absolute Gasteiger partial charge is 0.496 e. The molecule has 0 atom stereocenters. The lowest BCUT2D eigenvalue weighted by Crippen LogP contribution is -2.36. The summed E-state index contributed by atoms with van der Waals surface area (Å²) in [5.41, 5.74) is 4.33. The van der Waals surface area contributed by atoms with E-state index in [-0.39, 0.29) is 24.0 Å². The summed E-state index contributed by atoms with van der Waals surface area (Å²) < 4.78 is 16.5. The molecule has 2 aromatic carbocycles. The molecule has 2 rings (SSSR count). The van der Waals surface area contributed by atoms with Crippen LogP contribution in [0, 0.1) is 6.92 Å². The summed E-state index contributed by atoms with van der Waals surface area (Å²) in [6.45, 7) is 7.07. The fraction of sp³-hybridized carbons (Fsp3) is 0.348. The highest BCUT2D eigenvalue weighted by atomic mass is 127. The van der Waals surface area contributed by atoms with E-state index in [0.29, 0.717) is 31.2 Å². The topological polar surface area (TPSA) is 64.1 Å². The third kappa shape index (κ3) is 6.83. The van der Waals surface area contributed by atoms with E-state index in [1.54, 1.807) is 28.4 Å².